The molecule has 0 N–H and O–H groups in total. The van der Waals surface area contributed by atoms with Crippen LogP contribution in [0.2, 0.25) is 0 Å². The van der Waals surface area contributed by atoms with Crippen molar-refractivity contribution in [2.45, 2.75) is 38.5 Å². The average molecular weight is 795 g/mol. The molecule has 0 fully saturated rings. The van der Waals surface area contributed by atoms with E-state index in [2.05, 4.69) is 210 Å². The molecule has 10 aromatic carbocycles. The van der Waals surface area contributed by atoms with E-state index >= 15 is 0 Å². The smallest absolute Gasteiger partial charge is 0.0361 e. The van der Waals surface area contributed by atoms with Crippen molar-refractivity contribution >= 4 is 63.8 Å². The van der Waals surface area contributed by atoms with Gasteiger partial charge in [0.25, 0.3) is 0 Å². The summed E-state index contributed by atoms with van der Waals surface area (Å²) in [5.74, 6) is 0. The van der Waals surface area contributed by atoms with E-state index in [0.29, 0.717) is 0 Å². The van der Waals surface area contributed by atoms with Gasteiger partial charge >= 0.3 is 0 Å². The van der Waals surface area contributed by atoms with Gasteiger partial charge in [-0.25, -0.2) is 0 Å². The Morgan fingerprint density at radius 3 is 1.48 bits per heavy atom. The maximum absolute atomic E-state index is 2.50. The molecule has 13 rings (SSSR count). The summed E-state index contributed by atoms with van der Waals surface area (Å²) >= 11 is 1.90. The van der Waals surface area contributed by atoms with Crippen molar-refractivity contribution in [3.05, 3.63) is 204 Å². The highest BCUT2D eigenvalue weighted by Gasteiger charge is 2.38. The van der Waals surface area contributed by atoms with E-state index in [-0.39, 0.29) is 10.8 Å². The summed E-state index contributed by atoms with van der Waals surface area (Å²) in [6.07, 6.45) is 0. The van der Waals surface area contributed by atoms with Crippen LogP contribution in [0.3, 0.4) is 0 Å². The van der Waals surface area contributed by atoms with Crippen LogP contribution in [-0.4, -0.2) is 0 Å². The van der Waals surface area contributed by atoms with Gasteiger partial charge in [0.2, 0.25) is 0 Å². The van der Waals surface area contributed by atoms with E-state index in [0.717, 1.165) is 0 Å². The molecule has 2 aliphatic carbocycles. The van der Waals surface area contributed by atoms with Crippen LogP contribution in [0, 0.1) is 0 Å². The van der Waals surface area contributed by atoms with Gasteiger partial charge in [-0.3, -0.25) is 0 Å². The van der Waals surface area contributed by atoms with Crippen molar-refractivity contribution in [1.82, 2.24) is 0 Å². The van der Waals surface area contributed by atoms with E-state index in [1.165, 1.54) is 130 Å². The fourth-order valence-electron chi connectivity index (χ4n) is 11.3. The van der Waals surface area contributed by atoms with Crippen molar-refractivity contribution in [3.8, 4) is 55.6 Å². The molecular formula is C60H42S. The van der Waals surface area contributed by atoms with Crippen molar-refractivity contribution in [3.63, 3.8) is 0 Å². The average Bonchev–Trinajstić information content (AvgIpc) is 3.84. The zero-order valence-corrected chi connectivity index (χ0v) is 35.5. The van der Waals surface area contributed by atoms with Crippen LogP contribution < -0.4 is 0 Å². The molecule has 1 heterocycles. The number of benzene rings is 10. The first-order valence-electron chi connectivity index (χ1n) is 21.6. The Bertz CT molecular complexity index is 3630. The summed E-state index contributed by atoms with van der Waals surface area (Å²) in [7, 11) is 0. The van der Waals surface area contributed by atoms with Gasteiger partial charge in [0.1, 0.15) is 0 Å². The summed E-state index contributed by atoms with van der Waals surface area (Å²) in [6, 6.07) is 69.1. The second-order valence-electron chi connectivity index (χ2n) is 18.4. The van der Waals surface area contributed by atoms with Crippen LogP contribution in [0.5, 0.6) is 0 Å². The normalized spacial score (nSPS) is 14.5. The molecule has 1 heteroatoms. The summed E-state index contributed by atoms with van der Waals surface area (Å²) in [5, 5.41) is 10.5. The molecule has 0 atom stereocenters. The first-order chi connectivity index (χ1) is 29.7. The second-order valence-corrected chi connectivity index (χ2v) is 19.5. The van der Waals surface area contributed by atoms with Crippen LogP contribution in [0.1, 0.15) is 49.9 Å². The molecule has 0 bridgehead atoms. The molecule has 61 heavy (non-hydrogen) atoms. The number of fused-ring (bicyclic) bond motifs is 12. The molecule has 0 radical (unpaired) electrons. The van der Waals surface area contributed by atoms with Crippen molar-refractivity contribution in [1.29, 1.82) is 0 Å². The Morgan fingerprint density at radius 2 is 0.787 bits per heavy atom. The SMILES string of the molecule is CC1(C)c2cc(-c3ccc4c(c3)-c3cc5cc6c(cc5cc3C4(C)C)sc3ccccc36)ccc2-c2ccc(-c3c4ccccc4c(-c4ccccc4)c4ccccc34)cc21. The highest BCUT2D eigenvalue weighted by atomic mass is 32.1. The van der Waals surface area contributed by atoms with Crippen molar-refractivity contribution < 1.29 is 0 Å². The van der Waals surface area contributed by atoms with Crippen LogP contribution in [-0.2, 0) is 10.8 Å². The summed E-state index contributed by atoms with van der Waals surface area (Å²) in [4.78, 5) is 0. The minimum Gasteiger partial charge on any atom is -0.135 e. The molecule has 0 nitrogen and oxygen atoms in total. The molecule has 288 valence electrons. The first-order valence-corrected chi connectivity index (χ1v) is 22.4. The third-order valence-corrected chi connectivity index (χ3v) is 15.6. The number of hydrogen-bond donors (Lipinski definition) is 0. The zero-order valence-electron chi connectivity index (χ0n) is 34.7. The first kappa shape index (κ1) is 35.0. The van der Waals surface area contributed by atoms with Gasteiger partial charge < -0.3 is 0 Å². The maximum Gasteiger partial charge on any atom is 0.0361 e. The number of rotatable bonds is 3. The fraction of sp³-hybridized carbons (Fsp3) is 0.100. The van der Waals surface area contributed by atoms with Gasteiger partial charge in [-0.1, -0.05) is 161 Å². The maximum atomic E-state index is 2.50. The number of hydrogen-bond acceptors (Lipinski definition) is 1. The van der Waals surface area contributed by atoms with Crippen LogP contribution in [0.25, 0.3) is 108 Å². The molecule has 0 saturated heterocycles. The van der Waals surface area contributed by atoms with Crippen LogP contribution >= 0.6 is 11.3 Å². The van der Waals surface area contributed by atoms with Gasteiger partial charge in [0.05, 0.1) is 0 Å². The Balaban J connectivity index is 0.919. The third-order valence-electron chi connectivity index (χ3n) is 14.4. The molecule has 0 unspecified atom stereocenters. The summed E-state index contributed by atoms with van der Waals surface area (Å²) in [5.41, 5.74) is 18.5. The highest BCUT2D eigenvalue weighted by Crippen LogP contribution is 2.54. The van der Waals surface area contributed by atoms with E-state index in [9.17, 15) is 0 Å². The lowest BCUT2D eigenvalue weighted by atomic mass is 9.79. The predicted octanol–water partition coefficient (Wildman–Crippen LogP) is 17.1. The van der Waals surface area contributed by atoms with E-state index in [4.69, 9.17) is 0 Å². The topological polar surface area (TPSA) is 0 Å². The molecule has 0 spiro atoms. The van der Waals surface area contributed by atoms with Gasteiger partial charge in [-0.15, -0.1) is 11.3 Å². The Morgan fingerprint density at radius 1 is 0.295 bits per heavy atom. The minimum atomic E-state index is -0.173. The Kier molecular flexibility index (Phi) is 7.11. The van der Waals surface area contributed by atoms with Gasteiger partial charge in [-0.2, -0.15) is 0 Å². The van der Waals surface area contributed by atoms with Crippen LogP contribution in [0.15, 0.2) is 182 Å². The van der Waals surface area contributed by atoms with Gasteiger partial charge in [-0.05, 0) is 159 Å². The van der Waals surface area contributed by atoms with E-state index in [1.54, 1.807) is 0 Å². The third kappa shape index (κ3) is 4.87. The standard InChI is InChI=1S/C60H42S/c1-59(2)51-27-24-36(28-48(51)49-29-39-30-50-43-16-12-13-21-55(43)61-56(50)34-40(39)33-54(49)59)37-22-25-41-42-26-23-38(32-53(42)60(3,4)52(41)31-37)58-46-19-10-8-17-44(46)57(35-14-6-5-7-15-35)45-18-9-11-20-47(45)58/h5-34H,1-4H3. The van der Waals surface area contributed by atoms with Gasteiger partial charge in [0, 0.05) is 31.0 Å². The quantitative estimate of drug-likeness (QED) is 0.156. The van der Waals surface area contributed by atoms with Gasteiger partial charge in [0.15, 0.2) is 0 Å². The molecule has 0 saturated carbocycles. The van der Waals surface area contributed by atoms with E-state index in [1.807, 2.05) is 11.3 Å². The molecule has 11 aromatic rings. The molecule has 2 aliphatic rings. The largest absolute Gasteiger partial charge is 0.135 e. The summed E-state index contributed by atoms with van der Waals surface area (Å²) in [6.45, 7) is 9.63. The Labute approximate surface area is 360 Å². The van der Waals surface area contributed by atoms with Crippen molar-refractivity contribution in [2.24, 2.45) is 0 Å². The van der Waals surface area contributed by atoms with E-state index < -0.39 is 0 Å². The summed E-state index contributed by atoms with van der Waals surface area (Å²) < 4.78 is 2.72. The second kappa shape index (κ2) is 12.4. The molecule has 0 aliphatic heterocycles. The Hall–Kier alpha value is -6.80. The number of thiophene rings is 1. The fourth-order valence-corrected chi connectivity index (χ4v) is 12.5. The monoisotopic (exact) mass is 794 g/mol. The zero-order chi connectivity index (χ0) is 40.8. The molecular weight excluding hydrogens is 753 g/mol. The molecule has 1 aromatic heterocycles. The lowest BCUT2D eigenvalue weighted by Gasteiger charge is -2.24. The molecule has 0 amide bonds. The minimum absolute atomic E-state index is 0.0791. The van der Waals surface area contributed by atoms with Crippen LogP contribution in [0.4, 0.5) is 0 Å². The highest BCUT2D eigenvalue weighted by molar-refractivity contribution is 7.25. The lowest BCUT2D eigenvalue weighted by Crippen LogP contribution is -2.15. The predicted molar refractivity (Wildman–Crippen MR) is 263 cm³/mol. The lowest BCUT2D eigenvalue weighted by molar-refractivity contribution is 0.660. The van der Waals surface area contributed by atoms with Crippen molar-refractivity contribution in [2.75, 3.05) is 0 Å².